The van der Waals surface area contributed by atoms with Crippen molar-refractivity contribution in [1.82, 2.24) is 4.57 Å². The molecule has 3 aromatic rings. The van der Waals surface area contributed by atoms with Crippen molar-refractivity contribution < 1.29 is 4.57 Å². The quantitative estimate of drug-likeness (QED) is 0.333. The van der Waals surface area contributed by atoms with Crippen molar-refractivity contribution in [3.05, 3.63) is 77.2 Å². The zero-order chi connectivity index (χ0) is 22.0. The Hall–Kier alpha value is -2.68. The van der Waals surface area contributed by atoms with Gasteiger partial charge in [-0.3, -0.25) is 4.99 Å². The zero-order valence-electron chi connectivity index (χ0n) is 19.7. The van der Waals surface area contributed by atoms with Gasteiger partial charge in [-0.1, -0.05) is 54.4 Å². The van der Waals surface area contributed by atoms with Crippen LogP contribution in [-0.2, 0) is 0 Å². The first-order valence-corrected chi connectivity index (χ1v) is 11.7. The van der Waals surface area contributed by atoms with Crippen LogP contribution in [0.3, 0.4) is 0 Å². The summed E-state index contributed by atoms with van der Waals surface area (Å²) in [5.74, 6) is 0. The summed E-state index contributed by atoms with van der Waals surface area (Å²) in [4.78, 5) is 5.20. The molecule has 0 radical (unpaired) electrons. The minimum Gasteiger partial charge on any atom is -0.285 e. The van der Waals surface area contributed by atoms with Gasteiger partial charge in [-0.2, -0.15) is 0 Å². The van der Waals surface area contributed by atoms with Crippen LogP contribution >= 0.6 is 0 Å². The first-order valence-electron chi connectivity index (χ1n) is 11.7. The van der Waals surface area contributed by atoms with E-state index in [0.717, 1.165) is 6.42 Å². The van der Waals surface area contributed by atoms with Gasteiger partial charge in [0.15, 0.2) is 5.69 Å². The minimum atomic E-state index is 0.310. The molecular formula is C28H36N3+. The van der Waals surface area contributed by atoms with Crippen LogP contribution in [0.1, 0.15) is 73.9 Å². The predicted molar refractivity (Wildman–Crippen MR) is 130 cm³/mol. The fraction of sp³-hybridized carbons (Fsp3) is 0.429. The number of aliphatic imine (C=N–C) groups is 1. The zero-order valence-corrected chi connectivity index (χ0v) is 19.7. The van der Waals surface area contributed by atoms with Gasteiger partial charge in [-0.15, -0.1) is 0 Å². The van der Waals surface area contributed by atoms with E-state index >= 15 is 0 Å². The maximum absolute atomic E-state index is 5.20. The van der Waals surface area contributed by atoms with Crippen molar-refractivity contribution in [1.29, 1.82) is 0 Å². The highest BCUT2D eigenvalue weighted by atomic mass is 15.2. The summed E-state index contributed by atoms with van der Waals surface area (Å²) in [7, 11) is 0. The van der Waals surface area contributed by atoms with Crippen molar-refractivity contribution >= 4 is 6.21 Å². The lowest BCUT2D eigenvalue weighted by Gasteiger charge is -2.27. The molecule has 1 aliphatic rings. The van der Waals surface area contributed by atoms with Crippen molar-refractivity contribution in [2.45, 2.75) is 78.4 Å². The monoisotopic (exact) mass is 414 g/mol. The molecule has 0 spiro atoms. The van der Waals surface area contributed by atoms with Crippen LogP contribution in [0.2, 0.25) is 0 Å². The molecule has 162 valence electrons. The highest BCUT2D eigenvalue weighted by molar-refractivity contribution is 5.84. The molecule has 2 aromatic carbocycles. The molecule has 0 amide bonds. The fourth-order valence-corrected chi connectivity index (χ4v) is 4.98. The molecule has 0 saturated heterocycles. The molecule has 4 rings (SSSR count). The molecule has 0 aliphatic heterocycles. The summed E-state index contributed by atoms with van der Waals surface area (Å²) in [5.41, 5.74) is 7.81. The Kier molecular flexibility index (Phi) is 6.41. The average molecular weight is 415 g/mol. The Labute approximate surface area is 187 Å². The second-order valence-corrected chi connectivity index (χ2v) is 9.45. The third-order valence-corrected chi connectivity index (χ3v) is 6.66. The van der Waals surface area contributed by atoms with Gasteiger partial charge in [-0.05, 0) is 70.6 Å². The minimum absolute atomic E-state index is 0.310. The highest BCUT2D eigenvalue weighted by Gasteiger charge is 2.33. The van der Waals surface area contributed by atoms with E-state index in [2.05, 4.69) is 105 Å². The smallest absolute Gasteiger partial charge is 0.244 e. The number of nitrogens with zero attached hydrogens (tertiary/aromatic N) is 3. The van der Waals surface area contributed by atoms with Gasteiger partial charge in [0, 0.05) is 11.8 Å². The van der Waals surface area contributed by atoms with Crippen LogP contribution in [0.15, 0.2) is 60.0 Å². The van der Waals surface area contributed by atoms with Crippen molar-refractivity contribution in [3.63, 3.8) is 0 Å². The SMILES string of the molecule is Cc1cc(C)c(C=N[C@@H]2CCCC[C@H]2n2c[n+](C(C)C)cc2-c2ccccc2)c(C)c1. The second kappa shape index (κ2) is 9.21. The van der Waals surface area contributed by atoms with Crippen LogP contribution in [0.5, 0.6) is 0 Å². The molecule has 0 N–H and O–H groups in total. The summed E-state index contributed by atoms with van der Waals surface area (Å²) in [5, 5.41) is 0. The summed E-state index contributed by atoms with van der Waals surface area (Å²) < 4.78 is 4.84. The summed E-state index contributed by atoms with van der Waals surface area (Å²) in [6, 6.07) is 16.5. The van der Waals surface area contributed by atoms with Crippen molar-refractivity contribution in [2.75, 3.05) is 0 Å². The lowest BCUT2D eigenvalue weighted by atomic mass is 9.90. The number of imidazole rings is 1. The van der Waals surface area contributed by atoms with Gasteiger partial charge >= 0.3 is 0 Å². The van der Waals surface area contributed by atoms with E-state index in [1.54, 1.807) is 0 Å². The number of hydrogen-bond donors (Lipinski definition) is 0. The number of aryl methyl sites for hydroxylation is 3. The van der Waals surface area contributed by atoms with E-state index < -0.39 is 0 Å². The first kappa shape index (κ1) is 21.5. The van der Waals surface area contributed by atoms with E-state index in [9.17, 15) is 0 Å². The van der Waals surface area contributed by atoms with Gasteiger partial charge in [0.05, 0.1) is 12.1 Å². The molecule has 1 fully saturated rings. The third-order valence-electron chi connectivity index (χ3n) is 6.66. The van der Waals surface area contributed by atoms with Crippen LogP contribution < -0.4 is 4.57 Å². The molecule has 3 nitrogen and oxygen atoms in total. The van der Waals surface area contributed by atoms with Crippen molar-refractivity contribution in [3.8, 4) is 11.3 Å². The molecule has 0 bridgehead atoms. The lowest BCUT2D eigenvalue weighted by molar-refractivity contribution is -0.715. The Bertz CT molecular complexity index is 1040. The predicted octanol–water partition coefficient (Wildman–Crippen LogP) is 6.55. The van der Waals surface area contributed by atoms with Crippen molar-refractivity contribution in [2.24, 2.45) is 4.99 Å². The number of benzene rings is 2. The molecular weight excluding hydrogens is 378 g/mol. The average Bonchev–Trinajstić information content (AvgIpc) is 3.19. The lowest BCUT2D eigenvalue weighted by Crippen LogP contribution is -2.34. The van der Waals surface area contributed by atoms with Gasteiger partial charge in [0.2, 0.25) is 6.33 Å². The third kappa shape index (κ3) is 4.66. The van der Waals surface area contributed by atoms with Gasteiger partial charge in [0.25, 0.3) is 0 Å². The van der Waals surface area contributed by atoms with Crippen LogP contribution in [-0.4, -0.2) is 16.8 Å². The topological polar surface area (TPSA) is 21.2 Å². The molecule has 1 heterocycles. The Morgan fingerprint density at radius 3 is 2.35 bits per heavy atom. The molecule has 1 saturated carbocycles. The maximum atomic E-state index is 5.20. The summed E-state index contributed by atoms with van der Waals surface area (Å²) in [6.07, 6.45) is 11.6. The van der Waals surface area contributed by atoms with E-state index in [4.69, 9.17) is 4.99 Å². The molecule has 31 heavy (non-hydrogen) atoms. The van der Waals surface area contributed by atoms with Gasteiger partial charge < -0.3 is 0 Å². The standard InChI is InChI=1S/C28H36N3/c1-20(2)30-18-28(24-11-7-6-8-12-24)31(19-30)27-14-10-9-13-26(27)29-17-25-22(4)15-21(3)16-23(25)5/h6-8,11-12,15-20,26-27H,9-10,13-14H2,1-5H3/q+1/t26-,27-/m1/s1. The maximum Gasteiger partial charge on any atom is 0.244 e. The van der Waals surface area contributed by atoms with Gasteiger partial charge in [-0.25, -0.2) is 9.13 Å². The molecule has 3 heteroatoms. The second-order valence-electron chi connectivity index (χ2n) is 9.45. The normalized spacial score (nSPS) is 19.4. The number of hydrogen-bond acceptors (Lipinski definition) is 1. The van der Waals surface area contributed by atoms with Gasteiger partial charge in [0.1, 0.15) is 12.2 Å². The summed E-state index contributed by atoms with van der Waals surface area (Å²) >= 11 is 0. The number of rotatable bonds is 5. The van der Waals surface area contributed by atoms with E-state index in [0.29, 0.717) is 18.1 Å². The largest absolute Gasteiger partial charge is 0.285 e. The molecule has 1 aromatic heterocycles. The van der Waals surface area contributed by atoms with E-state index in [1.807, 2.05) is 0 Å². The highest BCUT2D eigenvalue weighted by Crippen LogP contribution is 2.34. The number of aromatic nitrogens is 2. The van der Waals surface area contributed by atoms with Crippen LogP contribution in [0.25, 0.3) is 11.3 Å². The summed E-state index contributed by atoms with van der Waals surface area (Å²) in [6.45, 7) is 11.1. The van der Waals surface area contributed by atoms with E-state index in [-0.39, 0.29) is 0 Å². The fourth-order valence-electron chi connectivity index (χ4n) is 4.98. The molecule has 2 atom stereocenters. The van der Waals surface area contributed by atoms with Crippen LogP contribution in [0.4, 0.5) is 0 Å². The first-order chi connectivity index (χ1) is 14.9. The molecule has 1 aliphatic carbocycles. The van der Waals surface area contributed by atoms with Crippen LogP contribution in [0, 0.1) is 20.8 Å². The Balaban J connectivity index is 1.71. The Morgan fingerprint density at radius 1 is 1.00 bits per heavy atom. The molecule has 0 unspecified atom stereocenters. The van der Waals surface area contributed by atoms with E-state index in [1.165, 1.54) is 52.8 Å². The Morgan fingerprint density at radius 2 is 1.68 bits per heavy atom.